The first-order valence-electron chi connectivity index (χ1n) is 6.75. The Morgan fingerprint density at radius 1 is 1.41 bits per heavy atom. The molecule has 2 heterocycles. The maximum Gasteiger partial charge on any atom is 0.0479 e. The molecule has 0 spiro atoms. The molecule has 1 aromatic rings. The van der Waals surface area contributed by atoms with E-state index >= 15 is 0 Å². The summed E-state index contributed by atoms with van der Waals surface area (Å²) in [5.41, 5.74) is 0. The number of hydrogen-bond acceptors (Lipinski definition) is 3. The van der Waals surface area contributed by atoms with E-state index in [1.807, 2.05) is 11.3 Å². The van der Waals surface area contributed by atoms with Gasteiger partial charge in [0.1, 0.15) is 0 Å². The molecule has 0 saturated carbocycles. The summed E-state index contributed by atoms with van der Waals surface area (Å²) in [7, 11) is 2.27. The lowest BCUT2D eigenvalue weighted by atomic mass is 9.99. The predicted molar refractivity (Wildman–Crippen MR) is 75.7 cm³/mol. The predicted octanol–water partition coefficient (Wildman–Crippen LogP) is 2.91. The van der Waals surface area contributed by atoms with E-state index in [9.17, 15) is 0 Å². The number of rotatable bonds is 5. The molecule has 1 aromatic heterocycles. The minimum Gasteiger partial charge on any atom is -0.317 e. The average molecular weight is 252 g/mol. The summed E-state index contributed by atoms with van der Waals surface area (Å²) in [6.45, 7) is 7.90. The molecule has 1 aliphatic rings. The summed E-state index contributed by atoms with van der Waals surface area (Å²) in [4.78, 5) is 5.60. The molecule has 1 saturated heterocycles. The minimum atomic E-state index is 0.638. The quantitative estimate of drug-likeness (QED) is 0.867. The summed E-state index contributed by atoms with van der Waals surface area (Å²) in [6.07, 6.45) is 2.49. The van der Waals surface area contributed by atoms with Gasteiger partial charge in [0.05, 0.1) is 0 Å². The fourth-order valence-corrected chi connectivity index (χ4v) is 3.98. The third-order valence-electron chi connectivity index (χ3n) is 3.75. The smallest absolute Gasteiger partial charge is 0.0479 e. The van der Waals surface area contributed by atoms with Crippen molar-refractivity contribution in [1.29, 1.82) is 0 Å². The van der Waals surface area contributed by atoms with Gasteiger partial charge in [-0.25, -0.2) is 0 Å². The molecule has 0 amide bonds. The maximum absolute atomic E-state index is 3.51. The van der Waals surface area contributed by atoms with Gasteiger partial charge in [-0.15, -0.1) is 11.3 Å². The molecular formula is C14H24N2S. The molecule has 2 unspecified atom stereocenters. The topological polar surface area (TPSA) is 15.3 Å². The number of likely N-dealkylation sites (tertiary alicyclic amines) is 1. The fourth-order valence-electron chi connectivity index (χ4n) is 2.76. The zero-order valence-corrected chi connectivity index (χ0v) is 12.0. The highest BCUT2D eigenvalue weighted by Gasteiger charge is 2.33. The van der Waals surface area contributed by atoms with Crippen LogP contribution in [0.3, 0.4) is 0 Å². The van der Waals surface area contributed by atoms with Gasteiger partial charge < -0.3 is 5.32 Å². The van der Waals surface area contributed by atoms with E-state index < -0.39 is 0 Å². The van der Waals surface area contributed by atoms with Gasteiger partial charge in [0, 0.05) is 15.8 Å². The van der Waals surface area contributed by atoms with Crippen molar-refractivity contribution in [2.75, 3.05) is 26.7 Å². The van der Waals surface area contributed by atoms with Gasteiger partial charge >= 0.3 is 0 Å². The highest BCUT2D eigenvalue weighted by Crippen LogP contribution is 2.38. The summed E-state index contributed by atoms with van der Waals surface area (Å²) in [5, 5.41) is 3.51. The third kappa shape index (κ3) is 2.90. The van der Waals surface area contributed by atoms with Crippen molar-refractivity contribution >= 4 is 11.3 Å². The van der Waals surface area contributed by atoms with Crippen LogP contribution in [0.15, 0.2) is 12.1 Å². The van der Waals surface area contributed by atoms with Crippen molar-refractivity contribution in [3.8, 4) is 0 Å². The van der Waals surface area contributed by atoms with Crippen LogP contribution in [0.25, 0.3) is 0 Å². The van der Waals surface area contributed by atoms with E-state index in [1.165, 1.54) is 24.3 Å². The summed E-state index contributed by atoms with van der Waals surface area (Å²) >= 11 is 2.00. The van der Waals surface area contributed by atoms with Crippen molar-refractivity contribution in [3.05, 3.63) is 21.9 Å². The van der Waals surface area contributed by atoms with Crippen molar-refractivity contribution < 1.29 is 0 Å². The molecular weight excluding hydrogens is 228 g/mol. The molecule has 2 atom stereocenters. The number of thiophene rings is 1. The van der Waals surface area contributed by atoms with Crippen LogP contribution < -0.4 is 5.32 Å². The Bertz CT molecular complexity index is 348. The van der Waals surface area contributed by atoms with E-state index in [4.69, 9.17) is 0 Å². The van der Waals surface area contributed by atoms with Crippen molar-refractivity contribution in [1.82, 2.24) is 10.2 Å². The minimum absolute atomic E-state index is 0.638. The normalized spacial score (nSPS) is 25.6. The van der Waals surface area contributed by atoms with Crippen LogP contribution in [0.1, 0.15) is 36.1 Å². The van der Waals surface area contributed by atoms with Gasteiger partial charge in [0.25, 0.3) is 0 Å². The Hall–Kier alpha value is -0.380. The molecule has 0 aromatic carbocycles. The summed E-state index contributed by atoms with van der Waals surface area (Å²) in [6, 6.07) is 5.28. The number of aryl methyl sites for hydroxylation is 1. The van der Waals surface area contributed by atoms with Crippen LogP contribution in [0, 0.1) is 5.92 Å². The van der Waals surface area contributed by atoms with Crippen molar-refractivity contribution in [2.45, 2.75) is 32.7 Å². The monoisotopic (exact) mass is 252 g/mol. The molecule has 1 aliphatic heterocycles. The first-order valence-corrected chi connectivity index (χ1v) is 7.57. The molecule has 1 N–H and O–H groups in total. The fraction of sp³-hybridized carbons (Fsp3) is 0.714. The first kappa shape index (κ1) is 13.1. The molecule has 2 nitrogen and oxygen atoms in total. The standard InChI is InChI=1S/C14H24N2S/c1-4-12-6-7-13(17-12)14-11(10-15-5-2)8-9-16(14)3/h6-7,11,14-15H,4-5,8-10H2,1-3H3. The third-order valence-corrected chi connectivity index (χ3v) is 5.05. The Labute approximate surface area is 109 Å². The van der Waals surface area contributed by atoms with E-state index in [0.29, 0.717) is 6.04 Å². The second-order valence-corrected chi connectivity index (χ2v) is 6.14. The molecule has 2 rings (SSSR count). The van der Waals surface area contributed by atoms with Gasteiger partial charge in [-0.05, 0) is 57.6 Å². The lowest BCUT2D eigenvalue weighted by Gasteiger charge is -2.24. The van der Waals surface area contributed by atoms with E-state index in [0.717, 1.165) is 19.0 Å². The zero-order valence-electron chi connectivity index (χ0n) is 11.2. The SMILES string of the molecule is CCNCC1CCN(C)C1c1ccc(CC)s1. The number of nitrogens with zero attached hydrogens (tertiary/aromatic N) is 1. The van der Waals surface area contributed by atoms with Crippen LogP contribution in [0.4, 0.5) is 0 Å². The lowest BCUT2D eigenvalue weighted by Crippen LogP contribution is -2.27. The van der Waals surface area contributed by atoms with Crippen LogP contribution in [-0.2, 0) is 6.42 Å². The molecule has 0 aliphatic carbocycles. The first-order chi connectivity index (χ1) is 8.26. The van der Waals surface area contributed by atoms with E-state index in [-0.39, 0.29) is 0 Å². The molecule has 0 radical (unpaired) electrons. The maximum atomic E-state index is 3.51. The van der Waals surface area contributed by atoms with Gasteiger partial charge in [-0.2, -0.15) is 0 Å². The zero-order chi connectivity index (χ0) is 12.3. The van der Waals surface area contributed by atoms with Gasteiger partial charge in [-0.1, -0.05) is 13.8 Å². The van der Waals surface area contributed by atoms with Crippen molar-refractivity contribution in [2.24, 2.45) is 5.92 Å². The van der Waals surface area contributed by atoms with Crippen LogP contribution in [0.2, 0.25) is 0 Å². The molecule has 3 heteroatoms. The second-order valence-electron chi connectivity index (χ2n) is 4.94. The Morgan fingerprint density at radius 3 is 2.88 bits per heavy atom. The van der Waals surface area contributed by atoms with Gasteiger partial charge in [-0.3, -0.25) is 4.90 Å². The summed E-state index contributed by atoms with van der Waals surface area (Å²) in [5.74, 6) is 0.781. The Balaban J connectivity index is 2.09. The van der Waals surface area contributed by atoms with Crippen LogP contribution >= 0.6 is 11.3 Å². The molecule has 96 valence electrons. The molecule has 1 fully saturated rings. The number of nitrogens with one attached hydrogen (secondary N) is 1. The summed E-state index contributed by atoms with van der Waals surface area (Å²) < 4.78 is 0. The molecule has 17 heavy (non-hydrogen) atoms. The van der Waals surface area contributed by atoms with Crippen LogP contribution in [-0.4, -0.2) is 31.6 Å². The lowest BCUT2D eigenvalue weighted by molar-refractivity contribution is 0.277. The van der Waals surface area contributed by atoms with Gasteiger partial charge in [0.2, 0.25) is 0 Å². The second kappa shape index (κ2) is 5.98. The van der Waals surface area contributed by atoms with Crippen molar-refractivity contribution in [3.63, 3.8) is 0 Å². The van der Waals surface area contributed by atoms with Crippen LogP contribution in [0.5, 0.6) is 0 Å². The van der Waals surface area contributed by atoms with E-state index in [2.05, 4.69) is 43.2 Å². The Morgan fingerprint density at radius 2 is 2.24 bits per heavy atom. The Kier molecular flexibility index (Phi) is 4.60. The van der Waals surface area contributed by atoms with E-state index in [1.54, 1.807) is 4.88 Å². The largest absolute Gasteiger partial charge is 0.317 e. The number of hydrogen-bond donors (Lipinski definition) is 1. The van der Waals surface area contributed by atoms with Gasteiger partial charge in [0.15, 0.2) is 0 Å². The highest BCUT2D eigenvalue weighted by atomic mass is 32.1. The average Bonchev–Trinajstić information content (AvgIpc) is 2.92. The molecule has 0 bridgehead atoms. The highest BCUT2D eigenvalue weighted by molar-refractivity contribution is 7.12.